The van der Waals surface area contributed by atoms with Gasteiger partial charge in [0.2, 0.25) is 0 Å². The van der Waals surface area contributed by atoms with Crippen LogP contribution in [0.15, 0.2) is 28.7 Å². The molecule has 0 fully saturated rings. The molecule has 2 N–H and O–H groups in total. The largest absolute Gasteiger partial charge is 0.389 e. The van der Waals surface area contributed by atoms with Crippen molar-refractivity contribution in [1.82, 2.24) is 0 Å². The van der Waals surface area contributed by atoms with Crippen molar-refractivity contribution in [2.24, 2.45) is 0 Å². The Bertz CT molecular complexity index is 322. The van der Waals surface area contributed by atoms with E-state index < -0.39 is 6.10 Å². The molecule has 1 aromatic rings. The lowest BCUT2D eigenvalue weighted by molar-refractivity contribution is 0.0182. The smallest absolute Gasteiger partial charge is 0.0945 e. The number of nitrogens with one attached hydrogen (secondary N) is 1. The lowest BCUT2D eigenvalue weighted by Gasteiger charge is -2.14. The predicted molar refractivity (Wildman–Crippen MR) is 71.3 cm³/mol. The first-order chi connectivity index (χ1) is 8.24. The maximum absolute atomic E-state index is 9.66. The van der Waals surface area contributed by atoms with E-state index in [9.17, 15) is 5.11 Å². The predicted octanol–water partition coefficient (Wildman–Crippen LogP) is 1.88. The minimum absolute atomic E-state index is 0.306. The molecule has 4 nitrogen and oxygen atoms in total. The summed E-state index contributed by atoms with van der Waals surface area (Å²) in [4.78, 5) is 0. The van der Waals surface area contributed by atoms with Crippen LogP contribution in [0.5, 0.6) is 0 Å². The van der Waals surface area contributed by atoms with Gasteiger partial charge in [-0.15, -0.1) is 0 Å². The molecular weight excluding hydrogens is 286 g/mol. The van der Waals surface area contributed by atoms with Gasteiger partial charge in [-0.2, -0.15) is 0 Å². The first-order valence-electron chi connectivity index (χ1n) is 5.47. The molecule has 5 heteroatoms. The summed E-state index contributed by atoms with van der Waals surface area (Å²) in [6.07, 6.45) is -0.529. The number of ether oxygens (including phenoxy) is 2. The summed E-state index contributed by atoms with van der Waals surface area (Å²) in [5, 5.41) is 12.8. The van der Waals surface area contributed by atoms with E-state index >= 15 is 0 Å². The number of methoxy groups -OCH3 is 1. The van der Waals surface area contributed by atoms with E-state index in [0.29, 0.717) is 26.4 Å². The van der Waals surface area contributed by atoms with E-state index in [1.54, 1.807) is 7.11 Å². The average Bonchev–Trinajstić information content (AvgIpc) is 2.34. The van der Waals surface area contributed by atoms with Crippen molar-refractivity contribution in [2.75, 3.05) is 38.8 Å². The number of para-hydroxylation sites is 1. The quantitative estimate of drug-likeness (QED) is 0.720. The number of anilines is 1. The third kappa shape index (κ3) is 6.02. The second kappa shape index (κ2) is 8.47. The van der Waals surface area contributed by atoms with Crippen LogP contribution in [-0.4, -0.2) is 44.7 Å². The fourth-order valence-corrected chi connectivity index (χ4v) is 1.68. The van der Waals surface area contributed by atoms with Crippen LogP contribution >= 0.6 is 15.9 Å². The van der Waals surface area contributed by atoms with Crippen LogP contribution in [0.2, 0.25) is 0 Å². The Labute approximate surface area is 110 Å². The van der Waals surface area contributed by atoms with E-state index in [1.165, 1.54) is 0 Å². The zero-order chi connectivity index (χ0) is 12.5. The molecule has 0 saturated heterocycles. The summed E-state index contributed by atoms with van der Waals surface area (Å²) in [5.41, 5.74) is 0.962. The number of aliphatic hydroxyl groups is 1. The van der Waals surface area contributed by atoms with Gasteiger partial charge in [0.1, 0.15) is 0 Å². The first-order valence-corrected chi connectivity index (χ1v) is 6.26. The fourth-order valence-electron chi connectivity index (χ4n) is 1.25. The van der Waals surface area contributed by atoms with E-state index in [0.717, 1.165) is 10.2 Å². The minimum Gasteiger partial charge on any atom is -0.389 e. The van der Waals surface area contributed by atoms with Crippen LogP contribution in [0.1, 0.15) is 0 Å². The van der Waals surface area contributed by atoms with Crippen molar-refractivity contribution in [3.63, 3.8) is 0 Å². The lowest BCUT2D eigenvalue weighted by atomic mass is 10.3. The van der Waals surface area contributed by atoms with Crippen LogP contribution in [0, 0.1) is 0 Å². The minimum atomic E-state index is -0.529. The number of benzene rings is 1. The Morgan fingerprint density at radius 2 is 2.12 bits per heavy atom. The van der Waals surface area contributed by atoms with E-state index in [-0.39, 0.29) is 0 Å². The Morgan fingerprint density at radius 3 is 2.82 bits per heavy atom. The molecule has 1 aromatic carbocycles. The number of hydrogen-bond donors (Lipinski definition) is 2. The third-order valence-electron chi connectivity index (χ3n) is 2.14. The number of rotatable bonds is 8. The molecule has 0 amide bonds. The van der Waals surface area contributed by atoms with Gasteiger partial charge >= 0.3 is 0 Å². The molecular formula is C12H18BrNO3. The second-order valence-electron chi connectivity index (χ2n) is 3.58. The Hall–Kier alpha value is -0.620. The zero-order valence-corrected chi connectivity index (χ0v) is 11.4. The van der Waals surface area contributed by atoms with Gasteiger partial charge in [0.25, 0.3) is 0 Å². The van der Waals surface area contributed by atoms with Gasteiger partial charge in [-0.05, 0) is 28.1 Å². The van der Waals surface area contributed by atoms with Crippen molar-refractivity contribution in [3.8, 4) is 0 Å². The summed E-state index contributed by atoms with van der Waals surface area (Å²) in [5.74, 6) is 0. The molecule has 0 spiro atoms. The summed E-state index contributed by atoms with van der Waals surface area (Å²) >= 11 is 3.43. The molecule has 17 heavy (non-hydrogen) atoms. The highest BCUT2D eigenvalue weighted by Crippen LogP contribution is 2.20. The number of hydrogen-bond acceptors (Lipinski definition) is 4. The highest BCUT2D eigenvalue weighted by molar-refractivity contribution is 9.10. The van der Waals surface area contributed by atoms with Crippen LogP contribution in [-0.2, 0) is 9.47 Å². The summed E-state index contributed by atoms with van der Waals surface area (Å²) in [6.45, 7) is 1.81. The van der Waals surface area contributed by atoms with E-state index in [2.05, 4.69) is 21.2 Å². The monoisotopic (exact) mass is 303 g/mol. The van der Waals surface area contributed by atoms with Crippen LogP contribution in [0.4, 0.5) is 5.69 Å². The number of aliphatic hydroxyl groups excluding tert-OH is 1. The molecule has 0 saturated carbocycles. The van der Waals surface area contributed by atoms with Gasteiger partial charge in [-0.1, -0.05) is 12.1 Å². The van der Waals surface area contributed by atoms with Crippen molar-refractivity contribution in [1.29, 1.82) is 0 Å². The van der Waals surface area contributed by atoms with Gasteiger partial charge in [0.05, 0.1) is 25.9 Å². The second-order valence-corrected chi connectivity index (χ2v) is 4.44. The standard InChI is InChI=1S/C12H18BrNO3/c1-16-6-7-17-9-10(15)8-14-12-5-3-2-4-11(12)13/h2-5,10,14-15H,6-9H2,1H3. The van der Waals surface area contributed by atoms with Gasteiger partial charge in [0, 0.05) is 23.8 Å². The molecule has 0 aromatic heterocycles. The zero-order valence-electron chi connectivity index (χ0n) is 9.86. The SMILES string of the molecule is COCCOCC(O)CNc1ccccc1Br. The molecule has 0 radical (unpaired) electrons. The first kappa shape index (κ1) is 14.4. The number of halogens is 1. The molecule has 96 valence electrons. The summed E-state index contributed by atoms with van der Waals surface area (Å²) in [7, 11) is 1.62. The molecule has 0 aliphatic heterocycles. The summed E-state index contributed by atoms with van der Waals surface area (Å²) in [6, 6.07) is 7.78. The van der Waals surface area contributed by atoms with Crippen molar-refractivity contribution < 1.29 is 14.6 Å². The van der Waals surface area contributed by atoms with Crippen LogP contribution in [0.25, 0.3) is 0 Å². The summed E-state index contributed by atoms with van der Waals surface area (Å²) < 4.78 is 11.0. The highest BCUT2D eigenvalue weighted by Gasteiger charge is 2.05. The molecule has 0 aliphatic carbocycles. The molecule has 0 bridgehead atoms. The molecule has 0 aliphatic rings. The lowest BCUT2D eigenvalue weighted by Crippen LogP contribution is -2.25. The Morgan fingerprint density at radius 1 is 1.35 bits per heavy atom. The topological polar surface area (TPSA) is 50.7 Å². The molecule has 1 atom stereocenters. The van der Waals surface area contributed by atoms with Crippen molar-refractivity contribution in [3.05, 3.63) is 28.7 Å². The van der Waals surface area contributed by atoms with E-state index in [4.69, 9.17) is 9.47 Å². The van der Waals surface area contributed by atoms with Gasteiger partial charge in [0.15, 0.2) is 0 Å². The van der Waals surface area contributed by atoms with Gasteiger partial charge < -0.3 is 19.9 Å². The van der Waals surface area contributed by atoms with Crippen LogP contribution < -0.4 is 5.32 Å². The third-order valence-corrected chi connectivity index (χ3v) is 2.84. The Balaban J connectivity index is 2.19. The molecule has 0 heterocycles. The molecule has 1 unspecified atom stereocenters. The highest BCUT2D eigenvalue weighted by atomic mass is 79.9. The van der Waals surface area contributed by atoms with Gasteiger partial charge in [-0.3, -0.25) is 0 Å². The van der Waals surface area contributed by atoms with Crippen molar-refractivity contribution in [2.45, 2.75) is 6.10 Å². The van der Waals surface area contributed by atoms with Crippen LogP contribution in [0.3, 0.4) is 0 Å². The maximum Gasteiger partial charge on any atom is 0.0945 e. The maximum atomic E-state index is 9.66. The fraction of sp³-hybridized carbons (Fsp3) is 0.500. The normalized spacial score (nSPS) is 12.4. The van der Waals surface area contributed by atoms with Crippen molar-refractivity contribution >= 4 is 21.6 Å². The van der Waals surface area contributed by atoms with E-state index in [1.807, 2.05) is 24.3 Å². The van der Waals surface area contributed by atoms with Gasteiger partial charge in [-0.25, -0.2) is 0 Å². The molecule has 1 rings (SSSR count). The Kier molecular flexibility index (Phi) is 7.19. The average molecular weight is 304 g/mol.